The molecular weight excluding hydrogens is 280 g/mol. The third-order valence-corrected chi connectivity index (χ3v) is 4.23. The maximum Gasteiger partial charge on any atom is 0.0487 e. The molecule has 0 radical (unpaired) electrons. The highest BCUT2D eigenvalue weighted by molar-refractivity contribution is 5.88. The van der Waals surface area contributed by atoms with Crippen molar-refractivity contribution in [2.24, 2.45) is 5.73 Å². The van der Waals surface area contributed by atoms with E-state index in [9.17, 15) is 0 Å². The van der Waals surface area contributed by atoms with E-state index in [1.54, 1.807) is 0 Å². The molecule has 0 saturated carbocycles. The third-order valence-electron chi connectivity index (χ3n) is 4.23. The van der Waals surface area contributed by atoms with Crippen molar-refractivity contribution in [2.45, 2.75) is 33.9 Å². The minimum atomic E-state index is 0.565. The summed E-state index contributed by atoms with van der Waals surface area (Å²) in [6.45, 7) is 7.85. The van der Waals surface area contributed by atoms with E-state index in [0.717, 1.165) is 6.54 Å². The fourth-order valence-corrected chi connectivity index (χ4v) is 2.97. The maximum absolute atomic E-state index is 5.97. The second-order valence-corrected chi connectivity index (χ2v) is 6.39. The highest BCUT2D eigenvalue weighted by Gasteiger charge is 2.09. The predicted molar refractivity (Wildman–Crippen MR) is 99.4 cm³/mol. The Hall–Kier alpha value is -2.32. The molecule has 0 aliphatic carbocycles. The number of benzene rings is 2. The summed E-state index contributed by atoms with van der Waals surface area (Å²) in [5, 5.41) is 1.26. The summed E-state index contributed by atoms with van der Waals surface area (Å²) >= 11 is 0. The van der Waals surface area contributed by atoms with Gasteiger partial charge in [0.25, 0.3) is 0 Å². The van der Waals surface area contributed by atoms with Gasteiger partial charge in [-0.05, 0) is 49.6 Å². The third kappa shape index (κ3) is 3.22. The van der Waals surface area contributed by atoms with Gasteiger partial charge in [0.1, 0.15) is 0 Å². The van der Waals surface area contributed by atoms with Gasteiger partial charge in [-0.2, -0.15) is 0 Å². The van der Waals surface area contributed by atoms with Crippen LogP contribution < -0.4 is 5.73 Å². The maximum atomic E-state index is 5.97. The Morgan fingerprint density at radius 3 is 2.57 bits per heavy atom. The van der Waals surface area contributed by atoms with E-state index in [1.165, 1.54) is 38.7 Å². The summed E-state index contributed by atoms with van der Waals surface area (Å²) in [5.74, 6) is 0. The molecule has 0 amide bonds. The molecule has 1 heterocycles. The van der Waals surface area contributed by atoms with E-state index in [2.05, 4.69) is 80.1 Å². The fourth-order valence-electron chi connectivity index (χ4n) is 2.97. The van der Waals surface area contributed by atoms with Crippen molar-refractivity contribution < 1.29 is 0 Å². The van der Waals surface area contributed by atoms with Gasteiger partial charge in [0, 0.05) is 30.2 Å². The van der Waals surface area contributed by atoms with Gasteiger partial charge in [0.05, 0.1) is 0 Å². The minimum Gasteiger partial charge on any atom is -0.343 e. The van der Waals surface area contributed by atoms with Crippen LogP contribution in [-0.2, 0) is 13.1 Å². The second kappa shape index (κ2) is 6.43. The van der Waals surface area contributed by atoms with Gasteiger partial charge in [-0.1, -0.05) is 47.5 Å². The zero-order chi connectivity index (χ0) is 16.4. The molecule has 2 aromatic carbocycles. The molecule has 2 nitrogen and oxygen atoms in total. The lowest BCUT2D eigenvalue weighted by molar-refractivity contribution is 0.848. The Kier molecular flexibility index (Phi) is 4.35. The van der Waals surface area contributed by atoms with E-state index in [0.29, 0.717) is 6.54 Å². The number of aryl methyl sites for hydroxylation is 1. The Labute approximate surface area is 138 Å². The average Bonchev–Trinajstić information content (AvgIpc) is 2.90. The standard InChI is InChI=1S/C21H24N2/c1-15(2)9-10-23-14-19(13-22)20-12-18(7-8-21(20)23)17-6-4-5-16(3)11-17/h4-9,11-12,14H,10,13,22H2,1-3H3. The van der Waals surface area contributed by atoms with Crippen LogP contribution in [0.15, 0.2) is 60.3 Å². The van der Waals surface area contributed by atoms with Gasteiger partial charge < -0.3 is 10.3 Å². The average molecular weight is 304 g/mol. The quantitative estimate of drug-likeness (QED) is 0.672. The van der Waals surface area contributed by atoms with Gasteiger partial charge >= 0.3 is 0 Å². The van der Waals surface area contributed by atoms with Crippen LogP contribution in [0.1, 0.15) is 25.0 Å². The number of rotatable bonds is 4. The van der Waals surface area contributed by atoms with Crippen LogP contribution in [0.5, 0.6) is 0 Å². The number of hydrogen-bond donors (Lipinski definition) is 1. The summed E-state index contributed by atoms with van der Waals surface area (Å²) in [7, 11) is 0. The zero-order valence-corrected chi connectivity index (χ0v) is 14.1. The molecule has 0 saturated heterocycles. The topological polar surface area (TPSA) is 30.9 Å². The van der Waals surface area contributed by atoms with Gasteiger partial charge in [0.2, 0.25) is 0 Å². The van der Waals surface area contributed by atoms with Crippen molar-refractivity contribution in [1.82, 2.24) is 4.57 Å². The Morgan fingerprint density at radius 2 is 1.87 bits per heavy atom. The zero-order valence-electron chi connectivity index (χ0n) is 14.1. The number of hydrogen-bond acceptors (Lipinski definition) is 1. The molecule has 0 fully saturated rings. The first kappa shape index (κ1) is 15.6. The Morgan fingerprint density at radius 1 is 1.09 bits per heavy atom. The van der Waals surface area contributed by atoms with Crippen LogP contribution in [0, 0.1) is 6.92 Å². The lowest BCUT2D eigenvalue weighted by Gasteiger charge is -2.06. The van der Waals surface area contributed by atoms with E-state index < -0.39 is 0 Å². The first-order valence-electron chi connectivity index (χ1n) is 8.10. The van der Waals surface area contributed by atoms with Crippen molar-refractivity contribution in [3.63, 3.8) is 0 Å². The molecule has 1 aromatic heterocycles. The smallest absolute Gasteiger partial charge is 0.0487 e. The van der Waals surface area contributed by atoms with Gasteiger partial charge in [-0.15, -0.1) is 0 Å². The number of fused-ring (bicyclic) bond motifs is 1. The van der Waals surface area contributed by atoms with E-state index in [1.807, 2.05) is 0 Å². The number of aromatic nitrogens is 1. The second-order valence-electron chi connectivity index (χ2n) is 6.39. The molecular formula is C21H24N2. The van der Waals surface area contributed by atoms with Crippen LogP contribution >= 0.6 is 0 Å². The molecule has 0 atom stereocenters. The van der Waals surface area contributed by atoms with Crippen LogP contribution in [0.25, 0.3) is 22.0 Å². The van der Waals surface area contributed by atoms with Crippen LogP contribution in [0.3, 0.4) is 0 Å². The van der Waals surface area contributed by atoms with E-state index in [4.69, 9.17) is 5.73 Å². The first-order chi connectivity index (χ1) is 11.1. The lowest BCUT2D eigenvalue weighted by atomic mass is 10.0. The molecule has 2 N–H and O–H groups in total. The molecule has 0 aliphatic rings. The fraction of sp³-hybridized carbons (Fsp3) is 0.238. The molecule has 3 rings (SSSR count). The highest BCUT2D eigenvalue weighted by atomic mass is 15.0. The molecule has 118 valence electrons. The number of nitrogens with zero attached hydrogens (tertiary/aromatic N) is 1. The largest absolute Gasteiger partial charge is 0.343 e. The van der Waals surface area contributed by atoms with Crippen molar-refractivity contribution in [3.05, 3.63) is 71.4 Å². The van der Waals surface area contributed by atoms with Crippen molar-refractivity contribution in [3.8, 4) is 11.1 Å². The van der Waals surface area contributed by atoms with Gasteiger partial charge in [-0.25, -0.2) is 0 Å². The summed E-state index contributed by atoms with van der Waals surface area (Å²) in [5.41, 5.74) is 13.5. The summed E-state index contributed by atoms with van der Waals surface area (Å²) in [6.07, 6.45) is 4.43. The van der Waals surface area contributed by atoms with Crippen molar-refractivity contribution in [1.29, 1.82) is 0 Å². The van der Waals surface area contributed by atoms with Crippen LogP contribution in [-0.4, -0.2) is 4.57 Å². The molecule has 23 heavy (non-hydrogen) atoms. The predicted octanol–water partition coefficient (Wildman–Crippen LogP) is 5.04. The molecule has 0 bridgehead atoms. The first-order valence-corrected chi connectivity index (χ1v) is 8.10. The summed E-state index contributed by atoms with van der Waals surface area (Å²) < 4.78 is 2.28. The number of allylic oxidation sites excluding steroid dienone is 2. The van der Waals surface area contributed by atoms with E-state index >= 15 is 0 Å². The number of nitrogens with two attached hydrogens (primary N) is 1. The molecule has 0 unspecified atom stereocenters. The highest BCUT2D eigenvalue weighted by Crippen LogP contribution is 2.28. The normalized spacial score (nSPS) is 11.0. The monoisotopic (exact) mass is 304 g/mol. The molecule has 0 spiro atoms. The van der Waals surface area contributed by atoms with Crippen molar-refractivity contribution >= 4 is 10.9 Å². The lowest BCUT2D eigenvalue weighted by Crippen LogP contribution is -1.95. The van der Waals surface area contributed by atoms with Crippen molar-refractivity contribution in [2.75, 3.05) is 0 Å². The van der Waals surface area contributed by atoms with Crippen LogP contribution in [0.2, 0.25) is 0 Å². The Bertz CT molecular complexity index is 865. The Balaban J connectivity index is 2.10. The summed E-state index contributed by atoms with van der Waals surface area (Å²) in [6, 6.07) is 15.3. The molecule has 3 aromatic rings. The van der Waals surface area contributed by atoms with Crippen LogP contribution in [0.4, 0.5) is 0 Å². The van der Waals surface area contributed by atoms with Gasteiger partial charge in [-0.3, -0.25) is 0 Å². The van der Waals surface area contributed by atoms with Gasteiger partial charge in [0.15, 0.2) is 0 Å². The molecule has 0 aliphatic heterocycles. The van der Waals surface area contributed by atoms with E-state index in [-0.39, 0.29) is 0 Å². The SMILES string of the molecule is CC(C)=CCn1cc(CN)c2cc(-c3cccc(C)c3)ccc21. The minimum absolute atomic E-state index is 0.565. The summed E-state index contributed by atoms with van der Waals surface area (Å²) in [4.78, 5) is 0. The molecule has 2 heteroatoms.